The van der Waals surface area contributed by atoms with E-state index in [0.29, 0.717) is 0 Å². The molecule has 0 aliphatic carbocycles. The number of nitrogens with zero attached hydrogens (tertiary/aromatic N) is 2. The van der Waals surface area contributed by atoms with Gasteiger partial charge in [-0.2, -0.15) is 10.2 Å². The monoisotopic (exact) mass is 520 g/mol. The molecule has 38 heavy (non-hydrogen) atoms. The van der Waals surface area contributed by atoms with Crippen molar-refractivity contribution in [3.8, 4) is 11.5 Å². The number of rotatable bonds is 23. The van der Waals surface area contributed by atoms with Crippen LogP contribution in [0.4, 0.5) is 0 Å². The van der Waals surface area contributed by atoms with Crippen molar-refractivity contribution in [2.75, 3.05) is 13.2 Å². The van der Waals surface area contributed by atoms with Gasteiger partial charge in [0.25, 0.3) is 0 Å². The summed E-state index contributed by atoms with van der Waals surface area (Å²) in [7, 11) is 0. The summed E-state index contributed by atoms with van der Waals surface area (Å²) in [5.74, 6) is 1.83. The van der Waals surface area contributed by atoms with Crippen LogP contribution in [0.3, 0.4) is 0 Å². The second kappa shape index (κ2) is 22.4. The van der Waals surface area contributed by atoms with Crippen molar-refractivity contribution >= 4 is 12.4 Å². The van der Waals surface area contributed by atoms with Crippen molar-refractivity contribution in [2.24, 2.45) is 10.2 Å². The predicted molar refractivity (Wildman–Crippen MR) is 164 cm³/mol. The first-order valence-corrected chi connectivity index (χ1v) is 15.3. The van der Waals surface area contributed by atoms with Crippen LogP contribution in [0.15, 0.2) is 58.7 Å². The van der Waals surface area contributed by atoms with Crippen LogP contribution in [-0.2, 0) is 0 Å². The molecule has 2 aromatic carbocycles. The maximum Gasteiger partial charge on any atom is 0.119 e. The Hall–Kier alpha value is -2.62. The molecule has 0 saturated carbocycles. The van der Waals surface area contributed by atoms with Gasteiger partial charge in [-0.1, -0.05) is 104 Å². The highest BCUT2D eigenvalue weighted by Crippen LogP contribution is 2.15. The van der Waals surface area contributed by atoms with Crippen LogP contribution in [0.5, 0.6) is 11.5 Å². The quantitative estimate of drug-likeness (QED) is 0.0831. The molecule has 4 nitrogen and oxygen atoms in total. The Labute approximate surface area is 233 Å². The number of unbranched alkanes of at least 4 members (excludes halogenated alkanes) is 14. The summed E-state index contributed by atoms with van der Waals surface area (Å²) in [6.45, 7) is 6.10. The zero-order valence-corrected chi connectivity index (χ0v) is 24.2. The third-order valence-electron chi connectivity index (χ3n) is 6.77. The van der Waals surface area contributed by atoms with E-state index in [0.717, 1.165) is 48.7 Å². The highest BCUT2D eigenvalue weighted by molar-refractivity contribution is 5.82. The minimum Gasteiger partial charge on any atom is -0.494 e. The fraction of sp³-hybridized carbons (Fsp3) is 0.588. The Morgan fingerprint density at radius 2 is 0.763 bits per heavy atom. The summed E-state index contributed by atoms with van der Waals surface area (Å²) < 4.78 is 11.7. The van der Waals surface area contributed by atoms with Gasteiger partial charge in [0.1, 0.15) is 11.5 Å². The average molecular weight is 521 g/mol. The second-order valence-electron chi connectivity index (χ2n) is 10.3. The number of benzene rings is 2. The molecule has 0 bridgehead atoms. The van der Waals surface area contributed by atoms with Gasteiger partial charge in [-0.25, -0.2) is 0 Å². The topological polar surface area (TPSA) is 43.2 Å². The first kappa shape index (κ1) is 31.6. The Kier molecular flexibility index (Phi) is 18.6. The lowest BCUT2D eigenvalue weighted by molar-refractivity contribution is 0.304. The largest absolute Gasteiger partial charge is 0.494 e. The molecule has 2 rings (SSSR count). The summed E-state index contributed by atoms with van der Waals surface area (Å²) in [4.78, 5) is 0. The van der Waals surface area contributed by atoms with Crippen LogP contribution >= 0.6 is 0 Å². The van der Waals surface area contributed by atoms with Gasteiger partial charge in [-0.15, -0.1) is 0 Å². The highest BCUT2D eigenvalue weighted by atomic mass is 16.5. The lowest BCUT2D eigenvalue weighted by Crippen LogP contribution is -1.97. The van der Waals surface area contributed by atoms with Gasteiger partial charge < -0.3 is 9.47 Å². The fourth-order valence-electron chi connectivity index (χ4n) is 4.35. The maximum absolute atomic E-state index is 5.87. The van der Waals surface area contributed by atoms with Gasteiger partial charge in [-0.05, 0) is 72.5 Å². The van der Waals surface area contributed by atoms with Gasteiger partial charge in [0.2, 0.25) is 0 Å². The van der Waals surface area contributed by atoms with E-state index < -0.39 is 0 Å². The number of hydrogen-bond acceptors (Lipinski definition) is 4. The van der Waals surface area contributed by atoms with Gasteiger partial charge in [0, 0.05) is 0 Å². The molecule has 0 aliphatic rings. The van der Waals surface area contributed by atoms with Crippen molar-refractivity contribution in [3.63, 3.8) is 0 Å². The number of ether oxygens (including phenoxy) is 2. The Morgan fingerprint density at radius 1 is 0.447 bits per heavy atom. The third kappa shape index (κ3) is 16.3. The summed E-state index contributed by atoms with van der Waals surface area (Å²) >= 11 is 0. The standard InChI is InChI=1S/C34H52N2O2/c1-3-5-7-9-11-13-15-17-27-37-33-23-19-31(20-24-33)29-35-36-30-32-21-25-34(26-22-32)38-28-18-16-14-12-10-8-6-4-2/h19-26,29-30H,3-18,27-28H2,1-2H3. The molecule has 0 fully saturated rings. The lowest BCUT2D eigenvalue weighted by Gasteiger charge is -2.06. The highest BCUT2D eigenvalue weighted by Gasteiger charge is 1.97. The molecule has 0 aliphatic heterocycles. The van der Waals surface area contributed by atoms with E-state index in [-0.39, 0.29) is 0 Å². The molecule has 0 spiro atoms. The summed E-state index contributed by atoms with van der Waals surface area (Å²) in [5, 5.41) is 8.37. The molecule has 0 radical (unpaired) electrons. The third-order valence-corrected chi connectivity index (χ3v) is 6.77. The molecule has 2 aromatic rings. The molecule has 0 amide bonds. The van der Waals surface area contributed by atoms with Crippen molar-refractivity contribution in [1.82, 2.24) is 0 Å². The first-order valence-electron chi connectivity index (χ1n) is 15.3. The van der Waals surface area contributed by atoms with Crippen LogP contribution in [0.2, 0.25) is 0 Å². The molecular weight excluding hydrogens is 468 g/mol. The average Bonchev–Trinajstić information content (AvgIpc) is 2.95. The first-order chi connectivity index (χ1) is 18.8. The maximum atomic E-state index is 5.87. The molecule has 0 unspecified atom stereocenters. The summed E-state index contributed by atoms with van der Waals surface area (Å²) in [6, 6.07) is 16.1. The van der Waals surface area contributed by atoms with Gasteiger partial charge in [0.05, 0.1) is 25.6 Å². The summed E-state index contributed by atoms with van der Waals surface area (Å²) in [5.41, 5.74) is 2.01. The fourth-order valence-corrected chi connectivity index (χ4v) is 4.35. The van der Waals surface area contributed by atoms with Crippen molar-refractivity contribution in [1.29, 1.82) is 0 Å². The summed E-state index contributed by atoms with van der Waals surface area (Å²) in [6.07, 6.45) is 24.5. The Morgan fingerprint density at radius 3 is 1.11 bits per heavy atom. The van der Waals surface area contributed by atoms with Crippen LogP contribution in [0.1, 0.15) is 128 Å². The minimum atomic E-state index is 0.787. The molecule has 4 heteroatoms. The van der Waals surface area contributed by atoms with Crippen LogP contribution in [-0.4, -0.2) is 25.6 Å². The molecule has 210 valence electrons. The van der Waals surface area contributed by atoms with Gasteiger partial charge in [-0.3, -0.25) is 0 Å². The van der Waals surface area contributed by atoms with Crippen LogP contribution in [0, 0.1) is 0 Å². The van der Waals surface area contributed by atoms with Crippen molar-refractivity contribution < 1.29 is 9.47 Å². The zero-order valence-electron chi connectivity index (χ0n) is 24.2. The number of hydrogen-bond donors (Lipinski definition) is 0. The Balaban J connectivity index is 1.55. The van der Waals surface area contributed by atoms with E-state index in [1.54, 1.807) is 12.4 Å². The molecule has 0 N–H and O–H groups in total. The molecule has 0 heterocycles. The molecule has 0 aromatic heterocycles. The van der Waals surface area contributed by atoms with E-state index in [1.807, 2.05) is 48.5 Å². The predicted octanol–water partition coefficient (Wildman–Crippen LogP) is 10.2. The molecule has 0 saturated heterocycles. The van der Waals surface area contributed by atoms with Gasteiger partial charge >= 0.3 is 0 Å². The SMILES string of the molecule is CCCCCCCCCCOc1ccc(C=NN=Cc2ccc(OCCCCCCCCCC)cc2)cc1. The van der Waals surface area contributed by atoms with Crippen molar-refractivity contribution in [3.05, 3.63) is 59.7 Å². The molecule has 0 atom stereocenters. The lowest BCUT2D eigenvalue weighted by atomic mass is 10.1. The normalized spacial score (nSPS) is 11.5. The van der Waals surface area contributed by atoms with Gasteiger partial charge in [0.15, 0.2) is 0 Å². The van der Waals surface area contributed by atoms with E-state index >= 15 is 0 Å². The van der Waals surface area contributed by atoms with E-state index in [4.69, 9.17) is 9.47 Å². The van der Waals surface area contributed by atoms with Crippen LogP contribution in [0.25, 0.3) is 0 Å². The minimum absolute atomic E-state index is 0.787. The molecular formula is C34H52N2O2. The van der Waals surface area contributed by atoms with E-state index in [9.17, 15) is 0 Å². The van der Waals surface area contributed by atoms with E-state index in [2.05, 4.69) is 24.1 Å². The Bertz CT molecular complexity index is 786. The smallest absolute Gasteiger partial charge is 0.119 e. The zero-order chi connectivity index (χ0) is 26.9. The van der Waals surface area contributed by atoms with Crippen LogP contribution < -0.4 is 9.47 Å². The van der Waals surface area contributed by atoms with E-state index in [1.165, 1.54) is 89.9 Å². The van der Waals surface area contributed by atoms with Crippen molar-refractivity contribution in [2.45, 2.75) is 117 Å². The second-order valence-corrected chi connectivity index (χ2v) is 10.3.